The molecule has 2 saturated carbocycles. The SMILES string of the molecule is Cc1cc(C(=O)N2CCN(CC3CC4(C3)CC(n3cc(C)c5cc(N6CCC(=O)NC6=O)cnc53)C4)CC2)ccc1[C@@H]1CN(c2cc(-c3ccccc3O)nnc2N)C[C@H](C)O1. The third-order valence-electron chi connectivity index (χ3n) is 14.0. The number of morpholine rings is 1. The Kier molecular flexibility index (Phi) is 10.1. The van der Waals surface area contributed by atoms with Gasteiger partial charge in [0.05, 0.1) is 29.4 Å². The number of aromatic hydroxyl groups is 1. The highest BCUT2D eigenvalue weighted by Gasteiger charge is 2.53. The third-order valence-corrected chi connectivity index (χ3v) is 14.0. The van der Waals surface area contributed by atoms with Gasteiger partial charge >= 0.3 is 6.03 Å². The number of nitrogens with two attached hydrogens (primary N) is 1. The van der Waals surface area contributed by atoms with Gasteiger partial charge in [-0.25, -0.2) is 9.78 Å². The van der Waals surface area contributed by atoms with Gasteiger partial charge in [-0.2, -0.15) is 0 Å². The van der Waals surface area contributed by atoms with E-state index < -0.39 is 6.03 Å². The first-order valence-corrected chi connectivity index (χ1v) is 21.9. The van der Waals surface area contributed by atoms with Crippen molar-refractivity contribution < 1.29 is 24.2 Å². The lowest BCUT2D eigenvalue weighted by Crippen LogP contribution is -2.54. The summed E-state index contributed by atoms with van der Waals surface area (Å²) >= 11 is 0. The number of anilines is 3. The van der Waals surface area contributed by atoms with Gasteiger partial charge in [0.15, 0.2) is 5.82 Å². The van der Waals surface area contributed by atoms with Crippen molar-refractivity contribution in [1.29, 1.82) is 0 Å². The number of phenols is 1. The van der Waals surface area contributed by atoms with Crippen molar-refractivity contribution in [2.24, 2.45) is 11.3 Å². The van der Waals surface area contributed by atoms with Crippen LogP contribution in [0, 0.1) is 25.2 Å². The molecule has 15 nitrogen and oxygen atoms in total. The molecule has 0 radical (unpaired) electrons. The number of nitrogens with one attached hydrogen (secondary N) is 1. The van der Waals surface area contributed by atoms with Crippen molar-refractivity contribution in [1.82, 2.24) is 34.9 Å². The van der Waals surface area contributed by atoms with E-state index in [1.165, 1.54) is 12.8 Å². The summed E-state index contributed by atoms with van der Waals surface area (Å²) in [7, 11) is 0. The molecule has 3 aromatic heterocycles. The topological polar surface area (TPSA) is 175 Å². The normalized spacial score (nSPS) is 25.5. The molecule has 322 valence electrons. The minimum atomic E-state index is -0.392. The maximum atomic E-state index is 13.8. The van der Waals surface area contributed by atoms with Crippen LogP contribution in [0.4, 0.5) is 22.0 Å². The summed E-state index contributed by atoms with van der Waals surface area (Å²) in [5.41, 5.74) is 14.2. The van der Waals surface area contributed by atoms with Crippen LogP contribution in [-0.4, -0.2) is 111 Å². The van der Waals surface area contributed by atoms with Crippen molar-refractivity contribution in [3.05, 3.63) is 89.2 Å². The Morgan fingerprint density at radius 1 is 0.952 bits per heavy atom. The molecule has 5 aromatic rings. The molecule has 62 heavy (non-hydrogen) atoms. The molecule has 3 aliphatic heterocycles. The Morgan fingerprint density at radius 3 is 2.50 bits per heavy atom. The average molecular weight is 839 g/mol. The van der Waals surface area contributed by atoms with Crippen LogP contribution in [0.5, 0.6) is 5.75 Å². The summed E-state index contributed by atoms with van der Waals surface area (Å²) < 4.78 is 8.80. The Balaban J connectivity index is 0.708. The van der Waals surface area contributed by atoms with E-state index in [0.29, 0.717) is 65.3 Å². The average Bonchev–Trinajstić information content (AvgIpc) is 3.55. The van der Waals surface area contributed by atoms with E-state index in [4.69, 9.17) is 15.5 Å². The molecule has 2 aromatic carbocycles. The summed E-state index contributed by atoms with van der Waals surface area (Å²) in [6, 6.07) is 17.0. The van der Waals surface area contributed by atoms with Crippen LogP contribution in [0.1, 0.15) is 78.2 Å². The molecule has 0 bridgehead atoms. The number of hydrogen-bond acceptors (Lipinski definition) is 11. The molecule has 6 heterocycles. The summed E-state index contributed by atoms with van der Waals surface area (Å²) in [5.74, 6) is 0.965. The van der Waals surface area contributed by atoms with E-state index >= 15 is 0 Å². The second-order valence-electron chi connectivity index (χ2n) is 18.4. The lowest BCUT2D eigenvalue weighted by atomic mass is 9.50. The fraction of sp³-hybridized carbons (Fsp3) is 0.447. The van der Waals surface area contributed by atoms with Crippen LogP contribution >= 0.6 is 0 Å². The minimum Gasteiger partial charge on any atom is -0.507 e. The maximum Gasteiger partial charge on any atom is 0.328 e. The molecule has 15 heteroatoms. The highest BCUT2D eigenvalue weighted by atomic mass is 16.5. The number of carbonyl (C=O) groups is 3. The number of carbonyl (C=O) groups excluding carboxylic acids is 3. The zero-order valence-electron chi connectivity index (χ0n) is 35.6. The molecule has 4 N–H and O–H groups in total. The van der Waals surface area contributed by atoms with E-state index in [2.05, 4.69) is 43.0 Å². The fourth-order valence-electron chi connectivity index (χ4n) is 10.9. The zero-order valence-corrected chi connectivity index (χ0v) is 35.6. The largest absolute Gasteiger partial charge is 0.507 e. The molecule has 3 saturated heterocycles. The quantitative estimate of drug-likeness (QED) is 0.167. The first-order chi connectivity index (χ1) is 29.9. The van der Waals surface area contributed by atoms with E-state index in [1.807, 2.05) is 55.1 Å². The molecule has 1 spiro atoms. The van der Waals surface area contributed by atoms with Crippen molar-refractivity contribution >= 4 is 46.1 Å². The second-order valence-corrected chi connectivity index (χ2v) is 18.4. The van der Waals surface area contributed by atoms with E-state index in [-0.39, 0.29) is 36.2 Å². The van der Waals surface area contributed by atoms with Gasteiger partial charge in [-0.1, -0.05) is 18.2 Å². The van der Waals surface area contributed by atoms with Crippen LogP contribution in [0.15, 0.2) is 67.0 Å². The molecule has 5 fully saturated rings. The standard InChI is InChI=1S/C47H54N10O5/c1-28-16-32(8-9-35(28)41-27-55(25-30(3)62-41)39-18-38(51-52-43(39)48)36-6-4-5-7-40(36)58)45(60)54-14-12-53(13-15-54)26-31-19-47(20-31)21-34(22-47)57-24-29(2)37-17-33(23-49-44(37)57)56-11-10-42(59)50-46(56)61/h4-9,16-18,23-24,30-31,34,41,58H,10-15,19-22,25-27H2,1-3H3,(H2,48,52)(H,50,59,61)/t30-,31?,34?,41-,47?/m0/s1. The number of piperazine rings is 1. The second kappa shape index (κ2) is 15.7. The Labute approximate surface area is 360 Å². The number of imide groups is 1. The number of pyridine rings is 1. The lowest BCUT2D eigenvalue weighted by molar-refractivity contribution is -0.120. The van der Waals surface area contributed by atoms with Crippen LogP contribution in [0.25, 0.3) is 22.3 Å². The summed E-state index contributed by atoms with van der Waals surface area (Å²) in [4.78, 5) is 51.0. The molecule has 0 unspecified atom stereocenters. The van der Waals surface area contributed by atoms with Crippen molar-refractivity contribution in [2.45, 2.75) is 71.1 Å². The highest BCUT2D eigenvalue weighted by Crippen LogP contribution is 2.63. The Morgan fingerprint density at radius 2 is 1.74 bits per heavy atom. The number of amides is 4. The highest BCUT2D eigenvalue weighted by molar-refractivity contribution is 6.06. The molecule has 2 aliphatic carbocycles. The number of phenolic OH excluding ortho intramolecular Hbond substituents is 1. The van der Waals surface area contributed by atoms with E-state index in [9.17, 15) is 19.5 Å². The van der Waals surface area contributed by atoms with Gasteiger partial charge in [-0.3, -0.25) is 24.7 Å². The Hall–Kier alpha value is -6.06. The first kappa shape index (κ1) is 40.0. The number of fused-ring (bicyclic) bond motifs is 1. The predicted molar refractivity (Wildman–Crippen MR) is 236 cm³/mol. The van der Waals surface area contributed by atoms with Gasteiger partial charge in [0.25, 0.3) is 5.91 Å². The van der Waals surface area contributed by atoms with Gasteiger partial charge in [0.2, 0.25) is 5.91 Å². The molecular formula is C47H54N10O5. The number of benzene rings is 2. The number of hydrogen-bond donors (Lipinski definition) is 3. The van der Waals surface area contributed by atoms with Crippen LogP contribution in [0.2, 0.25) is 0 Å². The van der Waals surface area contributed by atoms with Crippen molar-refractivity contribution in [3.8, 4) is 17.0 Å². The number of aromatic nitrogens is 4. The number of aryl methyl sites for hydroxylation is 2. The van der Waals surface area contributed by atoms with Gasteiger partial charge in [-0.05, 0) is 111 Å². The smallest absolute Gasteiger partial charge is 0.328 e. The monoisotopic (exact) mass is 838 g/mol. The lowest BCUT2D eigenvalue weighted by Gasteiger charge is -2.59. The van der Waals surface area contributed by atoms with Gasteiger partial charge < -0.3 is 29.9 Å². The number of para-hydroxylation sites is 1. The summed E-state index contributed by atoms with van der Waals surface area (Å²) in [6.45, 7) is 12.0. The first-order valence-electron chi connectivity index (χ1n) is 21.9. The summed E-state index contributed by atoms with van der Waals surface area (Å²) in [5, 5.41) is 22.4. The number of nitrogen functional groups attached to an aromatic ring is 1. The third kappa shape index (κ3) is 7.40. The molecule has 5 aliphatic rings. The van der Waals surface area contributed by atoms with Gasteiger partial charge in [0.1, 0.15) is 17.5 Å². The van der Waals surface area contributed by atoms with Gasteiger partial charge in [-0.15, -0.1) is 10.2 Å². The van der Waals surface area contributed by atoms with E-state index in [0.717, 1.165) is 79.0 Å². The summed E-state index contributed by atoms with van der Waals surface area (Å²) in [6.07, 6.45) is 8.75. The Bertz CT molecular complexity index is 2570. The van der Waals surface area contributed by atoms with Crippen LogP contribution < -0.4 is 20.9 Å². The molecular weight excluding hydrogens is 785 g/mol. The fourth-order valence-corrected chi connectivity index (χ4v) is 10.9. The van der Waals surface area contributed by atoms with Crippen molar-refractivity contribution in [3.63, 3.8) is 0 Å². The van der Waals surface area contributed by atoms with Crippen molar-refractivity contribution in [2.75, 3.05) is 67.9 Å². The molecule has 2 atom stereocenters. The maximum absolute atomic E-state index is 13.8. The number of nitrogens with zero attached hydrogens (tertiary/aromatic N) is 8. The van der Waals surface area contributed by atoms with Crippen LogP contribution in [-0.2, 0) is 9.53 Å². The zero-order chi connectivity index (χ0) is 42.9. The number of urea groups is 1. The number of ether oxygens (including phenoxy) is 1. The predicted octanol–water partition coefficient (Wildman–Crippen LogP) is 6.00. The van der Waals surface area contributed by atoms with Crippen LogP contribution in [0.3, 0.4) is 0 Å². The molecule has 10 rings (SSSR count). The van der Waals surface area contributed by atoms with E-state index in [1.54, 1.807) is 29.3 Å². The van der Waals surface area contributed by atoms with Gasteiger partial charge in [0, 0.05) is 87.5 Å². The molecule has 4 amide bonds. The minimum absolute atomic E-state index is 0.0706. The number of rotatable bonds is 8.